The number of rotatable bonds is 7. The molecule has 0 saturated carbocycles. The van der Waals surface area contributed by atoms with Crippen LogP contribution in [0.1, 0.15) is 53.8 Å². The molecule has 3 heterocycles. The minimum absolute atomic E-state index is 0.149. The maximum absolute atomic E-state index is 14.4. The zero-order chi connectivity index (χ0) is 28.7. The van der Waals surface area contributed by atoms with Crippen LogP contribution >= 0.6 is 0 Å². The van der Waals surface area contributed by atoms with Crippen molar-refractivity contribution < 1.29 is 9.59 Å². The van der Waals surface area contributed by atoms with Gasteiger partial charge in [0.1, 0.15) is 11.4 Å². The Hall–Kier alpha value is -4.24. The van der Waals surface area contributed by atoms with Gasteiger partial charge in [-0.15, -0.1) is 0 Å². The average molecular weight is 552 g/mol. The molecule has 9 heteroatoms. The topological polar surface area (TPSA) is 109 Å². The summed E-state index contributed by atoms with van der Waals surface area (Å²) in [5, 5.41) is 7.98. The summed E-state index contributed by atoms with van der Waals surface area (Å²) in [5.74, 6) is 0.602. The number of anilines is 1. The Morgan fingerprint density at radius 2 is 1.93 bits per heavy atom. The summed E-state index contributed by atoms with van der Waals surface area (Å²) >= 11 is 0. The molecule has 9 nitrogen and oxygen atoms in total. The molecule has 6 rings (SSSR count). The van der Waals surface area contributed by atoms with Crippen molar-refractivity contribution in [3.8, 4) is 0 Å². The standard InChI is InChI=1S/C32H37N7O2/c1-21-19-39-28(34-30(21)38-16-14-25(33)20-38)18-27(36-39)22(2)37(3)31(41)32(15-13-24-11-7-8-12-26(24)32)35-29(40)17-23-9-5-4-6-10-23/h4-12,18-19,22,25H,13-17,20,33H2,1-3H3,(H,35,40)/t22-,25-,32?/m0/s1. The van der Waals surface area contributed by atoms with Crippen LogP contribution in [0.4, 0.5) is 5.82 Å². The predicted octanol–water partition coefficient (Wildman–Crippen LogP) is 3.30. The Morgan fingerprint density at radius 3 is 2.68 bits per heavy atom. The number of fused-ring (bicyclic) bond motifs is 2. The van der Waals surface area contributed by atoms with Crippen molar-refractivity contribution >= 4 is 23.3 Å². The number of carbonyl (C=O) groups is 2. The van der Waals surface area contributed by atoms with Crippen molar-refractivity contribution in [2.24, 2.45) is 5.73 Å². The summed E-state index contributed by atoms with van der Waals surface area (Å²) in [6.07, 6.45) is 4.37. The van der Waals surface area contributed by atoms with E-state index in [9.17, 15) is 9.59 Å². The normalized spacial score (nSPS) is 20.7. The number of benzene rings is 2. The van der Waals surface area contributed by atoms with Crippen LogP contribution in [-0.2, 0) is 28.0 Å². The molecular formula is C32H37N7O2. The minimum Gasteiger partial charge on any atom is -0.355 e. The van der Waals surface area contributed by atoms with E-state index in [0.29, 0.717) is 6.42 Å². The van der Waals surface area contributed by atoms with Crippen LogP contribution < -0.4 is 16.0 Å². The van der Waals surface area contributed by atoms with Crippen LogP contribution in [0.2, 0.25) is 0 Å². The quantitative estimate of drug-likeness (QED) is 0.365. The second-order valence-electron chi connectivity index (χ2n) is 11.5. The molecule has 0 radical (unpaired) electrons. The van der Waals surface area contributed by atoms with Gasteiger partial charge in [0.05, 0.1) is 18.2 Å². The first-order valence-corrected chi connectivity index (χ1v) is 14.3. The first-order chi connectivity index (χ1) is 19.7. The zero-order valence-corrected chi connectivity index (χ0v) is 23.9. The maximum Gasteiger partial charge on any atom is 0.253 e. The third-order valence-electron chi connectivity index (χ3n) is 8.65. The molecule has 1 aliphatic heterocycles. The molecule has 212 valence electrons. The molecule has 0 spiro atoms. The van der Waals surface area contributed by atoms with Crippen molar-refractivity contribution in [3.63, 3.8) is 0 Å². The van der Waals surface area contributed by atoms with E-state index >= 15 is 0 Å². The Kier molecular flexibility index (Phi) is 6.99. The van der Waals surface area contributed by atoms with Gasteiger partial charge < -0.3 is 20.9 Å². The molecule has 4 aromatic rings. The monoisotopic (exact) mass is 551 g/mol. The van der Waals surface area contributed by atoms with Gasteiger partial charge >= 0.3 is 0 Å². The highest BCUT2D eigenvalue weighted by Gasteiger charge is 2.48. The fraction of sp³-hybridized carbons (Fsp3) is 0.375. The molecular weight excluding hydrogens is 514 g/mol. The number of hydrogen-bond acceptors (Lipinski definition) is 6. The van der Waals surface area contributed by atoms with E-state index in [4.69, 9.17) is 15.8 Å². The van der Waals surface area contributed by atoms with E-state index in [1.54, 1.807) is 16.5 Å². The number of amides is 2. The van der Waals surface area contributed by atoms with E-state index in [-0.39, 0.29) is 30.3 Å². The third-order valence-corrected chi connectivity index (χ3v) is 8.65. The van der Waals surface area contributed by atoms with Crippen LogP contribution in [0.15, 0.2) is 66.9 Å². The summed E-state index contributed by atoms with van der Waals surface area (Å²) < 4.78 is 1.78. The molecule has 0 bridgehead atoms. The van der Waals surface area contributed by atoms with Crippen molar-refractivity contribution in [2.45, 2.75) is 57.2 Å². The molecule has 2 aliphatic rings. The maximum atomic E-state index is 14.4. The lowest BCUT2D eigenvalue weighted by atomic mass is 9.89. The van der Waals surface area contributed by atoms with E-state index in [2.05, 4.69) is 10.2 Å². The molecule has 3 N–H and O–H groups in total. The van der Waals surface area contributed by atoms with Crippen molar-refractivity contribution in [2.75, 3.05) is 25.0 Å². The Morgan fingerprint density at radius 1 is 1.17 bits per heavy atom. The van der Waals surface area contributed by atoms with Crippen LogP contribution in [0, 0.1) is 6.92 Å². The number of carbonyl (C=O) groups excluding carboxylic acids is 2. The van der Waals surface area contributed by atoms with Crippen molar-refractivity contribution in [3.05, 3.63) is 94.8 Å². The summed E-state index contributed by atoms with van der Waals surface area (Å²) in [5.41, 5.74) is 10.4. The molecule has 1 fully saturated rings. The Bertz CT molecular complexity index is 1600. The van der Waals surface area contributed by atoms with Gasteiger partial charge in [0.15, 0.2) is 5.65 Å². The highest BCUT2D eigenvalue weighted by Crippen LogP contribution is 2.40. The number of aryl methyl sites for hydroxylation is 2. The lowest BCUT2D eigenvalue weighted by Gasteiger charge is -2.36. The van der Waals surface area contributed by atoms with Crippen molar-refractivity contribution in [1.82, 2.24) is 24.8 Å². The Balaban J connectivity index is 1.28. The fourth-order valence-corrected chi connectivity index (χ4v) is 6.28. The second-order valence-corrected chi connectivity index (χ2v) is 11.5. The SMILES string of the molecule is Cc1cn2nc([C@H](C)N(C)C(=O)C3(NC(=O)Cc4ccccc4)CCc4ccccc43)cc2nc1N1CC[C@H](N)C1. The Labute approximate surface area is 240 Å². The van der Waals surface area contributed by atoms with Crippen LogP contribution in [0.3, 0.4) is 0 Å². The van der Waals surface area contributed by atoms with E-state index in [0.717, 1.165) is 65.3 Å². The van der Waals surface area contributed by atoms with Crippen LogP contribution in [0.5, 0.6) is 0 Å². The number of aromatic nitrogens is 3. The molecule has 2 amide bonds. The molecule has 1 saturated heterocycles. The second kappa shape index (κ2) is 10.6. The van der Waals surface area contributed by atoms with Gasteiger partial charge in [-0.3, -0.25) is 9.59 Å². The highest BCUT2D eigenvalue weighted by atomic mass is 16.2. The third kappa shape index (κ3) is 4.95. The van der Waals surface area contributed by atoms with Gasteiger partial charge in [-0.1, -0.05) is 54.6 Å². The molecule has 1 unspecified atom stereocenters. The van der Waals surface area contributed by atoms with Crippen molar-refractivity contribution in [1.29, 1.82) is 0 Å². The number of nitrogens with one attached hydrogen (secondary N) is 1. The van der Waals surface area contributed by atoms with Gasteiger partial charge in [0.2, 0.25) is 5.91 Å². The lowest BCUT2D eigenvalue weighted by molar-refractivity contribution is -0.143. The van der Waals surface area contributed by atoms with Gasteiger partial charge in [0.25, 0.3) is 5.91 Å². The summed E-state index contributed by atoms with van der Waals surface area (Å²) in [6.45, 7) is 5.68. The summed E-state index contributed by atoms with van der Waals surface area (Å²) in [4.78, 5) is 36.6. The predicted molar refractivity (Wildman–Crippen MR) is 158 cm³/mol. The van der Waals surface area contributed by atoms with Gasteiger partial charge in [-0.25, -0.2) is 9.50 Å². The fourth-order valence-electron chi connectivity index (χ4n) is 6.28. The van der Waals surface area contributed by atoms with Gasteiger partial charge in [0, 0.05) is 44.0 Å². The van der Waals surface area contributed by atoms with E-state index in [1.807, 2.05) is 80.7 Å². The van der Waals surface area contributed by atoms with Gasteiger partial charge in [-0.2, -0.15) is 5.10 Å². The lowest BCUT2D eigenvalue weighted by Crippen LogP contribution is -2.56. The minimum atomic E-state index is -1.14. The van der Waals surface area contributed by atoms with E-state index in [1.165, 1.54) is 0 Å². The molecule has 41 heavy (non-hydrogen) atoms. The smallest absolute Gasteiger partial charge is 0.253 e. The zero-order valence-electron chi connectivity index (χ0n) is 23.9. The first kappa shape index (κ1) is 27.0. The van der Waals surface area contributed by atoms with E-state index < -0.39 is 5.54 Å². The van der Waals surface area contributed by atoms with Crippen LogP contribution in [-0.4, -0.2) is 57.5 Å². The van der Waals surface area contributed by atoms with Crippen LogP contribution in [0.25, 0.3) is 5.65 Å². The average Bonchev–Trinajstić information content (AvgIpc) is 3.69. The molecule has 1 aliphatic carbocycles. The first-order valence-electron chi connectivity index (χ1n) is 14.3. The number of nitrogens with two attached hydrogens (primary N) is 1. The number of nitrogens with zero attached hydrogens (tertiary/aromatic N) is 5. The largest absolute Gasteiger partial charge is 0.355 e. The molecule has 3 atom stereocenters. The summed E-state index contributed by atoms with van der Waals surface area (Å²) in [7, 11) is 1.79. The number of likely N-dealkylation sites (N-methyl/N-ethyl adjacent to an activating group) is 1. The molecule has 2 aromatic carbocycles. The summed E-state index contributed by atoms with van der Waals surface area (Å²) in [6, 6.07) is 19.3. The molecule has 2 aromatic heterocycles. The number of hydrogen-bond donors (Lipinski definition) is 2. The van der Waals surface area contributed by atoms with Gasteiger partial charge in [-0.05, 0) is 49.8 Å². The highest BCUT2D eigenvalue weighted by molar-refractivity contribution is 5.94.